The van der Waals surface area contributed by atoms with Gasteiger partial charge in [0.15, 0.2) is 11.5 Å². The Balaban J connectivity index is 1.92. The summed E-state index contributed by atoms with van der Waals surface area (Å²) in [7, 11) is -0.945. The van der Waals surface area contributed by atoms with Gasteiger partial charge in [-0.3, -0.25) is 9.10 Å². The maximum atomic E-state index is 12.9. The highest BCUT2D eigenvalue weighted by Crippen LogP contribution is 2.36. The van der Waals surface area contributed by atoms with Crippen LogP contribution >= 0.6 is 0 Å². The molecular weight excluding hydrogens is 400 g/mol. The van der Waals surface area contributed by atoms with Gasteiger partial charge in [-0.2, -0.15) is 0 Å². The first-order valence-electron chi connectivity index (χ1n) is 8.66. The molecule has 0 aliphatic carbocycles. The van der Waals surface area contributed by atoms with E-state index < -0.39 is 22.0 Å². The van der Waals surface area contributed by atoms with Crippen LogP contribution in [-0.2, 0) is 14.8 Å². The number of hydrogen-bond acceptors (Lipinski definition) is 7. The average Bonchev–Trinajstić information content (AvgIpc) is 3.14. The summed E-state index contributed by atoms with van der Waals surface area (Å²) >= 11 is 0. The molecule has 2 aromatic rings. The molecule has 1 aliphatic rings. The number of amides is 1. The molecule has 0 radical (unpaired) electrons. The zero-order chi connectivity index (χ0) is 21.2. The summed E-state index contributed by atoms with van der Waals surface area (Å²) in [6, 6.07) is 8.58. The number of fused-ring (bicyclic) bond motifs is 1. The Kier molecular flexibility index (Phi) is 5.73. The van der Waals surface area contributed by atoms with Crippen LogP contribution in [0.5, 0.6) is 23.0 Å². The minimum absolute atomic E-state index is 0.112. The second-order valence-electron chi connectivity index (χ2n) is 6.33. The summed E-state index contributed by atoms with van der Waals surface area (Å²) in [5, 5.41) is 2.71. The van der Waals surface area contributed by atoms with E-state index in [9.17, 15) is 13.2 Å². The Morgan fingerprint density at radius 1 is 1.10 bits per heavy atom. The zero-order valence-electron chi connectivity index (χ0n) is 16.5. The Labute approximate surface area is 169 Å². The molecule has 0 unspecified atom stereocenters. The molecule has 156 valence electrons. The van der Waals surface area contributed by atoms with Crippen LogP contribution in [0.3, 0.4) is 0 Å². The summed E-state index contributed by atoms with van der Waals surface area (Å²) in [6.45, 7) is 1.60. The highest BCUT2D eigenvalue weighted by Gasteiger charge is 2.32. The maximum absolute atomic E-state index is 12.9. The number of methoxy groups -OCH3 is 2. The molecule has 0 saturated heterocycles. The fourth-order valence-corrected chi connectivity index (χ4v) is 4.14. The monoisotopic (exact) mass is 422 g/mol. The number of anilines is 2. The van der Waals surface area contributed by atoms with Crippen LogP contribution in [0.25, 0.3) is 0 Å². The van der Waals surface area contributed by atoms with Crippen molar-refractivity contribution in [3.63, 3.8) is 0 Å². The molecule has 0 aromatic heterocycles. The summed E-state index contributed by atoms with van der Waals surface area (Å²) in [5.41, 5.74) is 0.653. The maximum Gasteiger partial charge on any atom is 0.247 e. The van der Waals surface area contributed by atoms with Gasteiger partial charge in [-0.15, -0.1) is 0 Å². The quantitative estimate of drug-likeness (QED) is 0.730. The van der Waals surface area contributed by atoms with E-state index >= 15 is 0 Å². The van der Waals surface area contributed by atoms with E-state index in [0.717, 1.165) is 10.6 Å². The van der Waals surface area contributed by atoms with Crippen molar-refractivity contribution in [3.05, 3.63) is 36.4 Å². The number of benzene rings is 2. The molecule has 1 atom stereocenters. The van der Waals surface area contributed by atoms with Crippen molar-refractivity contribution >= 4 is 27.3 Å². The van der Waals surface area contributed by atoms with Gasteiger partial charge in [0.1, 0.15) is 17.5 Å². The van der Waals surface area contributed by atoms with E-state index in [1.807, 2.05) is 0 Å². The van der Waals surface area contributed by atoms with Crippen molar-refractivity contribution in [2.45, 2.75) is 13.0 Å². The molecule has 0 bridgehead atoms. The number of nitrogens with one attached hydrogen (secondary N) is 1. The van der Waals surface area contributed by atoms with Crippen LogP contribution in [-0.4, -0.2) is 47.6 Å². The third-order valence-electron chi connectivity index (χ3n) is 4.35. The van der Waals surface area contributed by atoms with E-state index in [4.69, 9.17) is 18.9 Å². The number of nitrogens with zero attached hydrogens (tertiary/aromatic N) is 1. The molecule has 1 heterocycles. The molecule has 1 aliphatic heterocycles. The number of carbonyl (C=O) groups excluding carboxylic acids is 1. The Hall–Kier alpha value is -3.14. The van der Waals surface area contributed by atoms with Gasteiger partial charge >= 0.3 is 0 Å². The van der Waals surface area contributed by atoms with Gasteiger partial charge in [0.05, 0.1) is 26.2 Å². The van der Waals surface area contributed by atoms with Crippen LogP contribution in [0.15, 0.2) is 36.4 Å². The molecule has 0 spiro atoms. The fraction of sp³-hybridized carbons (Fsp3) is 0.316. The second-order valence-corrected chi connectivity index (χ2v) is 8.19. The largest absolute Gasteiger partial charge is 0.497 e. The molecule has 0 saturated carbocycles. The Morgan fingerprint density at radius 2 is 1.83 bits per heavy atom. The SMILES string of the molecule is COc1ccc(OC)c(N([C@H](C)C(=O)Nc2ccc3c(c2)OCO3)S(C)(=O)=O)c1. The molecule has 29 heavy (non-hydrogen) atoms. The molecule has 1 N–H and O–H groups in total. The van der Waals surface area contributed by atoms with Gasteiger partial charge in [-0.25, -0.2) is 8.42 Å². The van der Waals surface area contributed by atoms with Crippen molar-refractivity contribution in [2.24, 2.45) is 0 Å². The topological polar surface area (TPSA) is 103 Å². The molecule has 10 heteroatoms. The van der Waals surface area contributed by atoms with E-state index in [1.165, 1.54) is 27.2 Å². The van der Waals surface area contributed by atoms with Crippen LogP contribution in [0, 0.1) is 0 Å². The smallest absolute Gasteiger partial charge is 0.247 e. The molecule has 9 nitrogen and oxygen atoms in total. The lowest BCUT2D eigenvalue weighted by molar-refractivity contribution is -0.116. The second kappa shape index (κ2) is 8.08. The van der Waals surface area contributed by atoms with Gasteiger partial charge < -0.3 is 24.3 Å². The predicted octanol–water partition coefficient (Wildman–Crippen LogP) is 2.23. The van der Waals surface area contributed by atoms with E-state index in [2.05, 4.69) is 5.32 Å². The predicted molar refractivity (Wildman–Crippen MR) is 108 cm³/mol. The van der Waals surface area contributed by atoms with Gasteiger partial charge in [0, 0.05) is 17.8 Å². The minimum Gasteiger partial charge on any atom is -0.497 e. The highest BCUT2D eigenvalue weighted by molar-refractivity contribution is 7.92. The van der Waals surface area contributed by atoms with Gasteiger partial charge in [0.2, 0.25) is 22.7 Å². The van der Waals surface area contributed by atoms with E-state index in [-0.39, 0.29) is 12.5 Å². The molecule has 1 amide bonds. The summed E-state index contributed by atoms with van der Waals surface area (Å²) in [4.78, 5) is 12.9. The summed E-state index contributed by atoms with van der Waals surface area (Å²) in [6.07, 6.45) is 1.02. The Bertz CT molecular complexity index is 1020. The van der Waals surface area contributed by atoms with Crippen LogP contribution in [0.2, 0.25) is 0 Å². The zero-order valence-corrected chi connectivity index (χ0v) is 17.3. The average molecular weight is 422 g/mol. The van der Waals surface area contributed by atoms with Crippen molar-refractivity contribution < 1.29 is 32.2 Å². The first-order valence-corrected chi connectivity index (χ1v) is 10.5. The van der Waals surface area contributed by atoms with E-state index in [1.54, 1.807) is 30.3 Å². The van der Waals surface area contributed by atoms with Gasteiger partial charge in [-0.1, -0.05) is 0 Å². The molecule has 3 rings (SSSR count). The van der Waals surface area contributed by atoms with Gasteiger partial charge in [0.25, 0.3) is 0 Å². The Morgan fingerprint density at radius 3 is 2.48 bits per heavy atom. The van der Waals surface area contributed by atoms with Gasteiger partial charge in [-0.05, 0) is 31.2 Å². The van der Waals surface area contributed by atoms with Crippen LogP contribution in [0.1, 0.15) is 6.92 Å². The number of carbonyl (C=O) groups is 1. The highest BCUT2D eigenvalue weighted by atomic mass is 32.2. The standard InChI is InChI=1S/C19H22N2O7S/c1-12(19(22)20-13-5-7-17-18(9-13)28-11-27-17)21(29(4,23)24)15-10-14(25-2)6-8-16(15)26-3/h5-10,12H,11H2,1-4H3,(H,20,22)/t12-/m1/s1. The van der Waals surface area contributed by atoms with Crippen molar-refractivity contribution in [2.75, 3.05) is 36.9 Å². The lowest BCUT2D eigenvalue weighted by atomic mass is 10.2. The van der Waals surface area contributed by atoms with Crippen molar-refractivity contribution in [1.82, 2.24) is 0 Å². The lowest BCUT2D eigenvalue weighted by Gasteiger charge is -2.29. The number of hydrogen-bond donors (Lipinski definition) is 1. The number of ether oxygens (including phenoxy) is 4. The minimum atomic E-state index is -3.83. The first-order chi connectivity index (χ1) is 13.7. The third kappa shape index (κ3) is 4.32. The van der Waals surface area contributed by atoms with Crippen LogP contribution < -0.4 is 28.6 Å². The number of rotatable bonds is 7. The van der Waals surface area contributed by atoms with E-state index in [0.29, 0.717) is 28.7 Å². The molecule has 2 aromatic carbocycles. The molecular formula is C19H22N2O7S. The summed E-state index contributed by atoms with van der Waals surface area (Å²) < 4.78 is 47.2. The molecule has 0 fully saturated rings. The lowest BCUT2D eigenvalue weighted by Crippen LogP contribution is -2.45. The fourth-order valence-electron chi connectivity index (χ4n) is 2.97. The number of sulfonamides is 1. The van der Waals surface area contributed by atoms with Crippen molar-refractivity contribution in [3.8, 4) is 23.0 Å². The van der Waals surface area contributed by atoms with Crippen LogP contribution in [0.4, 0.5) is 11.4 Å². The van der Waals surface area contributed by atoms with Crippen molar-refractivity contribution in [1.29, 1.82) is 0 Å². The third-order valence-corrected chi connectivity index (χ3v) is 5.58. The first kappa shape index (κ1) is 20.6. The normalized spacial score (nSPS) is 13.5. The summed E-state index contributed by atoms with van der Waals surface area (Å²) in [5.74, 6) is 1.27.